The van der Waals surface area contributed by atoms with E-state index in [0.717, 1.165) is 31.5 Å². The van der Waals surface area contributed by atoms with Crippen LogP contribution < -0.4 is 5.32 Å². The lowest BCUT2D eigenvalue weighted by Gasteiger charge is -2.37. The number of carbonyl (C=O) groups is 1. The number of piperidine rings is 1. The van der Waals surface area contributed by atoms with Crippen LogP contribution in [0.25, 0.3) is 0 Å². The summed E-state index contributed by atoms with van der Waals surface area (Å²) in [6.07, 6.45) is 4.11. The lowest BCUT2D eigenvalue weighted by Crippen LogP contribution is -2.54. The fourth-order valence-corrected chi connectivity index (χ4v) is 4.25. The van der Waals surface area contributed by atoms with Crippen LogP contribution in [-0.2, 0) is 0 Å². The molecular formula is C21H35N5O2. The topological polar surface area (TPSA) is 64.3 Å². The van der Waals surface area contributed by atoms with Gasteiger partial charge in [0.25, 0.3) is 5.91 Å². The fourth-order valence-electron chi connectivity index (χ4n) is 4.25. The third kappa shape index (κ3) is 5.50. The number of carbonyl (C=O) groups excluding carboxylic acids is 1. The first kappa shape index (κ1) is 20.7. The van der Waals surface area contributed by atoms with Crippen LogP contribution in [0, 0.1) is 11.8 Å². The number of piperazine rings is 1. The Balaban J connectivity index is 1.44. The van der Waals surface area contributed by atoms with E-state index in [0.29, 0.717) is 24.8 Å². The molecule has 7 nitrogen and oxygen atoms in total. The van der Waals surface area contributed by atoms with Crippen LogP contribution >= 0.6 is 0 Å². The highest BCUT2D eigenvalue weighted by molar-refractivity contribution is 5.91. The number of hydrogen-bond acceptors (Lipinski definition) is 4. The van der Waals surface area contributed by atoms with Crippen LogP contribution in [0.15, 0.2) is 27.8 Å². The molecule has 2 aliphatic rings. The van der Waals surface area contributed by atoms with Gasteiger partial charge in [-0.05, 0) is 43.4 Å². The maximum atomic E-state index is 12.4. The van der Waals surface area contributed by atoms with E-state index in [4.69, 9.17) is 4.42 Å². The van der Waals surface area contributed by atoms with E-state index in [1.165, 1.54) is 32.5 Å². The number of furan rings is 1. The van der Waals surface area contributed by atoms with Crippen LogP contribution in [0.2, 0.25) is 0 Å². The SMILES string of the molecule is CN=C(NCC1CCCN(CC(C)C)C1)N1CCN(C(=O)c2ccco2)CC1. The van der Waals surface area contributed by atoms with Crippen molar-refractivity contribution >= 4 is 11.9 Å². The highest BCUT2D eigenvalue weighted by Crippen LogP contribution is 2.17. The quantitative estimate of drug-likeness (QED) is 0.616. The van der Waals surface area contributed by atoms with Crippen molar-refractivity contribution in [3.05, 3.63) is 24.2 Å². The second-order valence-electron chi connectivity index (χ2n) is 8.35. The monoisotopic (exact) mass is 389 g/mol. The van der Waals surface area contributed by atoms with Crippen molar-refractivity contribution < 1.29 is 9.21 Å². The minimum absolute atomic E-state index is 0.0277. The Labute approximate surface area is 168 Å². The van der Waals surface area contributed by atoms with E-state index in [1.54, 1.807) is 18.4 Å². The zero-order valence-electron chi connectivity index (χ0n) is 17.6. The first-order valence-electron chi connectivity index (χ1n) is 10.6. The van der Waals surface area contributed by atoms with Crippen LogP contribution in [0.1, 0.15) is 37.2 Å². The zero-order valence-corrected chi connectivity index (χ0v) is 17.6. The minimum atomic E-state index is -0.0277. The Morgan fingerprint density at radius 2 is 2.00 bits per heavy atom. The lowest BCUT2D eigenvalue weighted by molar-refractivity contribution is 0.0657. The van der Waals surface area contributed by atoms with Gasteiger partial charge in [0.05, 0.1) is 6.26 Å². The molecule has 0 aromatic carbocycles. The summed E-state index contributed by atoms with van der Waals surface area (Å²) in [6.45, 7) is 12.1. The van der Waals surface area contributed by atoms with E-state index in [2.05, 4.69) is 34.0 Å². The Bertz CT molecular complexity index is 635. The van der Waals surface area contributed by atoms with E-state index in [9.17, 15) is 4.79 Å². The van der Waals surface area contributed by atoms with Gasteiger partial charge in [-0.2, -0.15) is 0 Å². The molecule has 1 amide bonds. The summed E-state index contributed by atoms with van der Waals surface area (Å²) in [4.78, 5) is 23.6. The molecule has 7 heteroatoms. The number of likely N-dealkylation sites (tertiary alicyclic amines) is 1. The van der Waals surface area contributed by atoms with Crippen molar-refractivity contribution in [1.82, 2.24) is 20.0 Å². The van der Waals surface area contributed by atoms with Gasteiger partial charge in [-0.25, -0.2) is 0 Å². The van der Waals surface area contributed by atoms with E-state index in [1.807, 2.05) is 11.9 Å². The molecule has 1 N–H and O–H groups in total. The average molecular weight is 390 g/mol. The molecule has 2 saturated heterocycles. The molecule has 0 spiro atoms. The molecule has 2 aliphatic heterocycles. The van der Waals surface area contributed by atoms with Gasteiger partial charge in [-0.1, -0.05) is 13.8 Å². The summed E-state index contributed by atoms with van der Waals surface area (Å²) in [5.74, 6) is 2.73. The zero-order chi connectivity index (χ0) is 19.9. The van der Waals surface area contributed by atoms with Crippen LogP contribution in [0.3, 0.4) is 0 Å². The molecule has 2 fully saturated rings. The first-order chi connectivity index (χ1) is 13.6. The van der Waals surface area contributed by atoms with E-state index < -0.39 is 0 Å². The second kappa shape index (κ2) is 9.96. The molecule has 3 rings (SSSR count). The molecule has 0 radical (unpaired) electrons. The van der Waals surface area contributed by atoms with Crippen molar-refractivity contribution in [2.45, 2.75) is 26.7 Å². The Morgan fingerprint density at radius 1 is 1.25 bits per heavy atom. The number of hydrogen-bond donors (Lipinski definition) is 1. The summed E-state index contributed by atoms with van der Waals surface area (Å²) in [5, 5.41) is 3.58. The average Bonchev–Trinajstić information content (AvgIpc) is 3.23. The third-order valence-corrected chi connectivity index (χ3v) is 5.59. The van der Waals surface area contributed by atoms with Crippen LogP contribution in [0.4, 0.5) is 0 Å². The molecule has 1 aromatic rings. The van der Waals surface area contributed by atoms with Crippen molar-refractivity contribution in [2.24, 2.45) is 16.8 Å². The molecule has 3 heterocycles. The highest BCUT2D eigenvalue weighted by atomic mass is 16.3. The number of nitrogens with zero attached hydrogens (tertiary/aromatic N) is 4. The van der Waals surface area contributed by atoms with Gasteiger partial charge in [0.1, 0.15) is 0 Å². The van der Waals surface area contributed by atoms with Gasteiger partial charge in [0.15, 0.2) is 11.7 Å². The Morgan fingerprint density at radius 3 is 2.64 bits per heavy atom. The second-order valence-corrected chi connectivity index (χ2v) is 8.35. The molecule has 0 bridgehead atoms. The Kier molecular flexibility index (Phi) is 7.36. The number of rotatable bonds is 5. The number of aliphatic imine (C=N–C) groups is 1. The fraction of sp³-hybridized carbons (Fsp3) is 0.714. The third-order valence-electron chi connectivity index (χ3n) is 5.59. The normalized spacial score (nSPS) is 22.0. The molecule has 156 valence electrons. The summed E-state index contributed by atoms with van der Waals surface area (Å²) < 4.78 is 5.24. The minimum Gasteiger partial charge on any atom is -0.459 e. The number of guanidine groups is 1. The largest absolute Gasteiger partial charge is 0.459 e. The first-order valence-corrected chi connectivity index (χ1v) is 10.6. The van der Waals surface area contributed by atoms with Gasteiger partial charge in [0, 0.05) is 52.9 Å². The number of nitrogens with one attached hydrogen (secondary N) is 1. The van der Waals surface area contributed by atoms with E-state index >= 15 is 0 Å². The summed E-state index contributed by atoms with van der Waals surface area (Å²) in [5.41, 5.74) is 0. The summed E-state index contributed by atoms with van der Waals surface area (Å²) >= 11 is 0. The van der Waals surface area contributed by atoms with Crippen molar-refractivity contribution in [1.29, 1.82) is 0 Å². The van der Waals surface area contributed by atoms with Gasteiger partial charge in [-0.3, -0.25) is 9.79 Å². The maximum absolute atomic E-state index is 12.4. The molecule has 28 heavy (non-hydrogen) atoms. The van der Waals surface area contributed by atoms with Crippen LogP contribution in [-0.4, -0.2) is 86.0 Å². The molecular weight excluding hydrogens is 354 g/mol. The highest BCUT2D eigenvalue weighted by Gasteiger charge is 2.26. The van der Waals surface area contributed by atoms with Crippen molar-refractivity contribution in [3.63, 3.8) is 0 Å². The predicted octanol–water partition coefficient (Wildman–Crippen LogP) is 1.98. The predicted molar refractivity (Wildman–Crippen MR) is 112 cm³/mol. The maximum Gasteiger partial charge on any atom is 0.289 e. The van der Waals surface area contributed by atoms with Gasteiger partial charge in [-0.15, -0.1) is 0 Å². The molecule has 0 saturated carbocycles. The lowest BCUT2D eigenvalue weighted by atomic mass is 9.97. The van der Waals surface area contributed by atoms with Gasteiger partial charge < -0.3 is 24.4 Å². The number of amides is 1. The van der Waals surface area contributed by atoms with Crippen molar-refractivity contribution in [3.8, 4) is 0 Å². The summed E-state index contributed by atoms with van der Waals surface area (Å²) in [7, 11) is 1.84. The molecule has 1 atom stereocenters. The molecule has 0 aliphatic carbocycles. The van der Waals surface area contributed by atoms with Gasteiger partial charge in [0.2, 0.25) is 0 Å². The van der Waals surface area contributed by atoms with Gasteiger partial charge >= 0.3 is 0 Å². The van der Waals surface area contributed by atoms with Crippen molar-refractivity contribution in [2.75, 3.05) is 59.4 Å². The molecule has 1 aromatic heterocycles. The Hall–Kier alpha value is -2.02. The molecule has 1 unspecified atom stereocenters. The van der Waals surface area contributed by atoms with E-state index in [-0.39, 0.29) is 5.91 Å². The smallest absolute Gasteiger partial charge is 0.289 e. The standard InChI is InChI=1S/C21H35N5O2/c1-17(2)15-24-8-4-6-18(16-24)14-23-21(22-3)26-11-9-25(10-12-26)20(27)19-7-5-13-28-19/h5,7,13,17-18H,4,6,8-12,14-16H2,1-3H3,(H,22,23). The summed E-state index contributed by atoms with van der Waals surface area (Å²) in [6, 6.07) is 3.48. The van der Waals surface area contributed by atoms with Crippen LogP contribution in [0.5, 0.6) is 0 Å².